The molecule has 4 nitrogen and oxygen atoms in total. The van der Waals surface area contributed by atoms with Crippen molar-refractivity contribution in [3.8, 4) is 0 Å². The van der Waals surface area contributed by atoms with Crippen molar-refractivity contribution in [1.29, 1.82) is 0 Å². The van der Waals surface area contributed by atoms with Crippen LogP contribution < -0.4 is 40.0 Å². The summed E-state index contributed by atoms with van der Waals surface area (Å²) in [4.78, 5) is 22.0. The van der Waals surface area contributed by atoms with Crippen LogP contribution in [0.25, 0.3) is 0 Å². The van der Waals surface area contributed by atoms with Crippen LogP contribution in [0.1, 0.15) is 58.3 Å². The van der Waals surface area contributed by atoms with E-state index < -0.39 is 12.0 Å². The van der Waals surface area contributed by atoms with Gasteiger partial charge in [-0.05, 0) is 6.42 Å². The van der Waals surface area contributed by atoms with Crippen LogP contribution in [0, 0.1) is 0 Å². The SMILES string of the molecule is CCCCCCCCCC(=O)NC(CS)C(=O)[O-].[Na+]. The summed E-state index contributed by atoms with van der Waals surface area (Å²) in [6.45, 7) is 2.18. The predicted molar refractivity (Wildman–Crippen MR) is 73.4 cm³/mol. The second-order valence-corrected chi connectivity index (χ2v) is 4.86. The third-order valence-corrected chi connectivity index (χ3v) is 3.17. The minimum Gasteiger partial charge on any atom is -0.548 e. The van der Waals surface area contributed by atoms with E-state index in [4.69, 9.17) is 0 Å². The molecule has 0 aliphatic heterocycles. The maximum atomic E-state index is 11.4. The minimum absolute atomic E-state index is 0. The number of rotatable bonds is 11. The Balaban J connectivity index is 0. The Hall–Kier alpha value is 0.290. The number of nitrogens with one attached hydrogen (secondary N) is 1. The van der Waals surface area contributed by atoms with Gasteiger partial charge >= 0.3 is 29.6 Å². The van der Waals surface area contributed by atoms with Crippen molar-refractivity contribution in [2.75, 3.05) is 5.75 Å². The summed E-state index contributed by atoms with van der Waals surface area (Å²) in [7, 11) is 0. The van der Waals surface area contributed by atoms with Gasteiger partial charge in [0.2, 0.25) is 5.91 Å². The molecule has 0 saturated carbocycles. The van der Waals surface area contributed by atoms with E-state index in [2.05, 4.69) is 24.9 Å². The number of carbonyl (C=O) groups is 2. The van der Waals surface area contributed by atoms with E-state index in [1.54, 1.807) is 0 Å². The van der Waals surface area contributed by atoms with Crippen LogP contribution in [0.5, 0.6) is 0 Å². The zero-order valence-electron chi connectivity index (χ0n) is 12.1. The van der Waals surface area contributed by atoms with E-state index >= 15 is 0 Å². The molecule has 0 rings (SSSR count). The monoisotopic (exact) mass is 297 g/mol. The maximum Gasteiger partial charge on any atom is 1.00 e. The van der Waals surface area contributed by atoms with Crippen molar-refractivity contribution in [2.24, 2.45) is 0 Å². The third kappa shape index (κ3) is 13.0. The zero-order valence-corrected chi connectivity index (χ0v) is 15.0. The normalized spacial score (nSPS) is 11.5. The van der Waals surface area contributed by atoms with Crippen LogP contribution in [-0.4, -0.2) is 23.7 Å². The summed E-state index contributed by atoms with van der Waals surface area (Å²) in [6.07, 6.45) is 8.34. The number of carboxylic acid groups (broad SMARTS) is 1. The molecule has 0 spiro atoms. The summed E-state index contributed by atoms with van der Waals surface area (Å²) in [5, 5.41) is 13.0. The Bertz CT molecular complexity index is 252. The van der Waals surface area contributed by atoms with Gasteiger partial charge in [-0.15, -0.1) is 0 Å². The Kier molecular flexibility index (Phi) is 16.7. The van der Waals surface area contributed by atoms with Crippen LogP contribution >= 0.6 is 12.6 Å². The average molecular weight is 297 g/mol. The molecule has 0 bridgehead atoms. The summed E-state index contributed by atoms with van der Waals surface area (Å²) in [5.41, 5.74) is 0. The quantitative estimate of drug-likeness (QED) is 0.271. The largest absolute Gasteiger partial charge is 1.00 e. The van der Waals surface area contributed by atoms with Crippen molar-refractivity contribution < 1.29 is 44.3 Å². The van der Waals surface area contributed by atoms with E-state index in [0.717, 1.165) is 19.3 Å². The molecule has 106 valence electrons. The van der Waals surface area contributed by atoms with Gasteiger partial charge in [-0.25, -0.2) is 0 Å². The van der Waals surface area contributed by atoms with Crippen LogP contribution in [0.15, 0.2) is 0 Å². The fourth-order valence-electron chi connectivity index (χ4n) is 1.69. The van der Waals surface area contributed by atoms with Gasteiger partial charge in [-0.2, -0.15) is 12.6 Å². The Morgan fingerprint density at radius 2 is 1.63 bits per heavy atom. The van der Waals surface area contributed by atoms with E-state index in [1.807, 2.05) is 0 Å². The topological polar surface area (TPSA) is 69.2 Å². The Morgan fingerprint density at radius 1 is 1.11 bits per heavy atom. The molecule has 0 aliphatic rings. The summed E-state index contributed by atoms with van der Waals surface area (Å²) < 4.78 is 0. The van der Waals surface area contributed by atoms with Gasteiger partial charge in [-0.3, -0.25) is 4.79 Å². The molecule has 1 N–H and O–H groups in total. The van der Waals surface area contributed by atoms with Crippen molar-refractivity contribution in [2.45, 2.75) is 64.3 Å². The number of hydrogen-bond donors (Lipinski definition) is 2. The predicted octanol–water partition coefficient (Wildman–Crippen LogP) is -1.70. The molecular formula is C13H24NNaO3S. The molecule has 0 heterocycles. The molecule has 0 aliphatic carbocycles. The Labute approximate surface area is 143 Å². The standard InChI is InChI=1S/C13H25NO3S.Na/c1-2-3-4-5-6-7-8-9-12(15)14-11(10-18)13(16)17;/h11,18H,2-10H2,1H3,(H,14,15)(H,16,17);/q;+1/p-1. The molecular weight excluding hydrogens is 273 g/mol. The van der Waals surface area contributed by atoms with Crippen LogP contribution in [0.4, 0.5) is 0 Å². The van der Waals surface area contributed by atoms with Gasteiger partial charge in [0.25, 0.3) is 0 Å². The fraction of sp³-hybridized carbons (Fsp3) is 0.846. The van der Waals surface area contributed by atoms with Crippen LogP contribution in [-0.2, 0) is 9.59 Å². The first-order chi connectivity index (χ1) is 8.61. The van der Waals surface area contributed by atoms with Gasteiger partial charge in [-0.1, -0.05) is 45.4 Å². The summed E-state index contributed by atoms with van der Waals surface area (Å²) >= 11 is 3.85. The van der Waals surface area contributed by atoms with Gasteiger partial charge in [0.05, 0.1) is 12.0 Å². The minimum atomic E-state index is -1.28. The summed E-state index contributed by atoms with van der Waals surface area (Å²) in [6, 6.07) is -0.981. The second-order valence-electron chi connectivity index (χ2n) is 4.49. The number of hydrogen-bond acceptors (Lipinski definition) is 4. The summed E-state index contributed by atoms with van der Waals surface area (Å²) in [5.74, 6) is -1.45. The molecule has 6 heteroatoms. The van der Waals surface area contributed by atoms with Crippen molar-refractivity contribution >= 4 is 24.5 Å². The molecule has 0 radical (unpaired) electrons. The first kappa shape index (κ1) is 21.6. The molecule has 1 amide bonds. The number of aliphatic carboxylic acids is 1. The van der Waals surface area contributed by atoms with Crippen molar-refractivity contribution in [3.63, 3.8) is 0 Å². The number of amides is 1. The number of thiol groups is 1. The third-order valence-electron chi connectivity index (χ3n) is 2.81. The zero-order chi connectivity index (χ0) is 13.8. The second kappa shape index (κ2) is 14.7. The molecule has 0 aromatic heterocycles. The fourth-order valence-corrected chi connectivity index (χ4v) is 1.93. The van der Waals surface area contributed by atoms with E-state index in [0.29, 0.717) is 6.42 Å². The molecule has 19 heavy (non-hydrogen) atoms. The van der Waals surface area contributed by atoms with Crippen molar-refractivity contribution in [1.82, 2.24) is 5.32 Å². The Morgan fingerprint density at radius 3 is 2.11 bits per heavy atom. The van der Waals surface area contributed by atoms with Gasteiger partial charge in [0, 0.05) is 12.2 Å². The molecule has 1 atom stereocenters. The van der Waals surface area contributed by atoms with E-state index in [9.17, 15) is 14.7 Å². The first-order valence-corrected chi connectivity index (χ1v) is 7.36. The van der Waals surface area contributed by atoms with Crippen molar-refractivity contribution in [3.05, 3.63) is 0 Å². The van der Waals surface area contributed by atoms with Gasteiger partial charge < -0.3 is 15.2 Å². The molecule has 0 fully saturated rings. The number of carbonyl (C=O) groups excluding carboxylic acids is 2. The number of carboxylic acids is 1. The smallest absolute Gasteiger partial charge is 0.548 e. The molecule has 0 saturated heterocycles. The van der Waals surface area contributed by atoms with E-state index in [-0.39, 0.29) is 41.2 Å². The van der Waals surface area contributed by atoms with Crippen LogP contribution in [0.3, 0.4) is 0 Å². The van der Waals surface area contributed by atoms with Gasteiger partial charge in [0.15, 0.2) is 0 Å². The number of unbranched alkanes of at least 4 members (excludes halogenated alkanes) is 6. The molecule has 0 aromatic carbocycles. The molecule has 0 aromatic rings. The maximum absolute atomic E-state index is 11.4. The van der Waals surface area contributed by atoms with Crippen LogP contribution in [0.2, 0.25) is 0 Å². The average Bonchev–Trinajstić information content (AvgIpc) is 2.34. The van der Waals surface area contributed by atoms with Gasteiger partial charge in [0.1, 0.15) is 0 Å². The molecule has 1 unspecified atom stereocenters. The van der Waals surface area contributed by atoms with E-state index in [1.165, 1.54) is 25.7 Å². The first-order valence-electron chi connectivity index (χ1n) is 6.72.